The van der Waals surface area contributed by atoms with Gasteiger partial charge in [0.15, 0.2) is 4.80 Å². The molecule has 0 fully saturated rings. The minimum absolute atomic E-state index is 0.151. The number of carbonyl (C=O) groups is 1. The highest BCUT2D eigenvalue weighted by Crippen LogP contribution is 2.28. The number of fused-ring (bicyclic) bond motifs is 1. The molecule has 112 valence electrons. The highest BCUT2D eigenvalue weighted by Gasteiger charge is 2.10. The zero-order valence-corrected chi connectivity index (χ0v) is 13.9. The molecule has 1 heterocycles. The summed E-state index contributed by atoms with van der Waals surface area (Å²) in [6.07, 6.45) is 0.307. The van der Waals surface area contributed by atoms with Crippen LogP contribution >= 0.6 is 22.9 Å². The first-order chi connectivity index (χ1) is 10.6. The van der Waals surface area contributed by atoms with Crippen molar-refractivity contribution >= 4 is 39.1 Å². The predicted molar refractivity (Wildman–Crippen MR) is 91.3 cm³/mol. The molecule has 0 aliphatic carbocycles. The normalized spacial score (nSPS) is 12.0. The van der Waals surface area contributed by atoms with Crippen molar-refractivity contribution in [3.63, 3.8) is 0 Å². The lowest BCUT2D eigenvalue weighted by Crippen LogP contribution is -2.14. The molecule has 0 spiro atoms. The monoisotopic (exact) mass is 330 g/mol. The second-order valence-electron chi connectivity index (χ2n) is 5.15. The van der Waals surface area contributed by atoms with E-state index in [2.05, 4.69) is 4.99 Å². The number of aryl methyl sites for hydroxylation is 2. The van der Waals surface area contributed by atoms with Crippen LogP contribution in [0.2, 0.25) is 5.02 Å². The second kappa shape index (κ2) is 6.07. The molecule has 22 heavy (non-hydrogen) atoms. The van der Waals surface area contributed by atoms with Crippen molar-refractivity contribution < 1.29 is 4.79 Å². The number of hydrogen-bond donors (Lipinski definition) is 0. The first-order valence-corrected chi connectivity index (χ1v) is 8.12. The summed E-state index contributed by atoms with van der Waals surface area (Å²) in [5.41, 5.74) is 3.12. The fourth-order valence-corrected chi connectivity index (χ4v) is 3.82. The van der Waals surface area contributed by atoms with Gasteiger partial charge in [-0.25, -0.2) is 0 Å². The van der Waals surface area contributed by atoms with Gasteiger partial charge in [-0.1, -0.05) is 59.3 Å². The third kappa shape index (κ3) is 2.85. The van der Waals surface area contributed by atoms with Crippen molar-refractivity contribution in [2.75, 3.05) is 0 Å². The summed E-state index contributed by atoms with van der Waals surface area (Å²) in [6.45, 7) is 2.03. The van der Waals surface area contributed by atoms with E-state index in [-0.39, 0.29) is 5.91 Å². The fourth-order valence-electron chi connectivity index (χ4n) is 2.43. The van der Waals surface area contributed by atoms with E-state index in [9.17, 15) is 4.79 Å². The van der Waals surface area contributed by atoms with Crippen molar-refractivity contribution in [3.05, 3.63) is 63.4 Å². The largest absolute Gasteiger partial charge is 0.319 e. The highest BCUT2D eigenvalue weighted by atomic mass is 35.5. The number of aromatic nitrogens is 1. The van der Waals surface area contributed by atoms with Gasteiger partial charge < -0.3 is 4.57 Å². The van der Waals surface area contributed by atoms with Crippen LogP contribution in [0.25, 0.3) is 10.2 Å². The van der Waals surface area contributed by atoms with Crippen LogP contribution in [-0.4, -0.2) is 10.5 Å². The molecule has 0 N–H and O–H groups in total. The number of thiazole rings is 1. The SMILES string of the molecule is Cc1ccc(Cl)c2sc(=NC(=O)Cc3ccccc3)n(C)c12. The molecule has 3 rings (SSSR count). The Hall–Kier alpha value is -1.91. The number of nitrogens with zero attached hydrogens (tertiary/aromatic N) is 2. The maximum Gasteiger partial charge on any atom is 0.252 e. The van der Waals surface area contributed by atoms with Gasteiger partial charge in [-0.05, 0) is 24.1 Å². The molecule has 0 atom stereocenters. The Labute approximate surface area is 137 Å². The Morgan fingerprint density at radius 3 is 2.64 bits per heavy atom. The van der Waals surface area contributed by atoms with Crippen LogP contribution in [0.15, 0.2) is 47.5 Å². The second-order valence-corrected chi connectivity index (χ2v) is 6.54. The lowest BCUT2D eigenvalue weighted by Gasteiger charge is -2.00. The number of carbonyl (C=O) groups excluding carboxylic acids is 1. The highest BCUT2D eigenvalue weighted by molar-refractivity contribution is 7.17. The summed E-state index contributed by atoms with van der Waals surface area (Å²) in [6, 6.07) is 13.5. The first-order valence-electron chi connectivity index (χ1n) is 6.92. The fraction of sp³-hybridized carbons (Fsp3) is 0.176. The van der Waals surface area contributed by atoms with Crippen LogP contribution in [0, 0.1) is 6.92 Å². The summed E-state index contributed by atoms with van der Waals surface area (Å²) >= 11 is 7.70. The third-order valence-corrected chi connectivity index (χ3v) is 5.11. The predicted octanol–water partition coefficient (Wildman–Crippen LogP) is 3.87. The molecule has 1 amide bonds. The molecule has 0 saturated carbocycles. The van der Waals surface area contributed by atoms with Gasteiger partial charge in [0.2, 0.25) is 0 Å². The van der Waals surface area contributed by atoms with Crippen LogP contribution in [0.3, 0.4) is 0 Å². The zero-order valence-electron chi connectivity index (χ0n) is 12.3. The van der Waals surface area contributed by atoms with Gasteiger partial charge in [-0.2, -0.15) is 4.99 Å². The molecule has 5 heteroatoms. The topological polar surface area (TPSA) is 34.4 Å². The molecule has 0 aliphatic heterocycles. The molecule has 0 unspecified atom stereocenters. The minimum Gasteiger partial charge on any atom is -0.319 e. The van der Waals surface area contributed by atoms with Gasteiger partial charge in [-0.3, -0.25) is 4.79 Å². The van der Waals surface area contributed by atoms with Crippen molar-refractivity contribution in [1.82, 2.24) is 4.57 Å². The molecule has 1 aromatic heterocycles. The van der Waals surface area contributed by atoms with E-state index in [1.807, 2.05) is 61.0 Å². The van der Waals surface area contributed by atoms with Crippen LogP contribution in [-0.2, 0) is 18.3 Å². The van der Waals surface area contributed by atoms with Gasteiger partial charge in [0.1, 0.15) is 0 Å². The zero-order chi connectivity index (χ0) is 15.7. The van der Waals surface area contributed by atoms with E-state index >= 15 is 0 Å². The molecule has 0 bridgehead atoms. The van der Waals surface area contributed by atoms with E-state index in [1.165, 1.54) is 11.3 Å². The number of hydrogen-bond acceptors (Lipinski definition) is 2. The lowest BCUT2D eigenvalue weighted by atomic mass is 10.1. The van der Waals surface area contributed by atoms with Crippen molar-refractivity contribution in [3.8, 4) is 0 Å². The summed E-state index contributed by atoms with van der Waals surface area (Å²) < 4.78 is 2.90. The van der Waals surface area contributed by atoms with E-state index < -0.39 is 0 Å². The molecule has 0 radical (unpaired) electrons. The maximum absolute atomic E-state index is 12.2. The number of halogens is 1. The maximum atomic E-state index is 12.2. The lowest BCUT2D eigenvalue weighted by molar-refractivity contribution is -0.117. The van der Waals surface area contributed by atoms with Crippen LogP contribution in [0.1, 0.15) is 11.1 Å². The van der Waals surface area contributed by atoms with Gasteiger partial charge in [-0.15, -0.1) is 0 Å². The Bertz CT molecular complexity index is 910. The van der Waals surface area contributed by atoms with Crippen molar-refractivity contribution in [2.45, 2.75) is 13.3 Å². The van der Waals surface area contributed by atoms with Crippen molar-refractivity contribution in [1.29, 1.82) is 0 Å². The van der Waals surface area contributed by atoms with Crippen LogP contribution < -0.4 is 4.80 Å². The Morgan fingerprint density at radius 2 is 1.95 bits per heavy atom. The van der Waals surface area contributed by atoms with E-state index in [1.54, 1.807) is 0 Å². The standard InChI is InChI=1S/C17H15ClN2OS/c1-11-8-9-13(18)16-15(11)20(2)17(22-16)19-14(21)10-12-6-4-3-5-7-12/h3-9H,10H2,1-2H3. The van der Waals surface area contributed by atoms with E-state index in [0.717, 1.165) is 21.3 Å². The molecule has 0 saturated heterocycles. The molecule has 3 aromatic rings. The van der Waals surface area contributed by atoms with Gasteiger partial charge in [0.25, 0.3) is 5.91 Å². The minimum atomic E-state index is -0.151. The molecule has 2 aromatic carbocycles. The summed E-state index contributed by atoms with van der Waals surface area (Å²) in [5.74, 6) is -0.151. The van der Waals surface area contributed by atoms with E-state index in [0.29, 0.717) is 16.2 Å². The third-order valence-electron chi connectivity index (χ3n) is 3.52. The molecular weight excluding hydrogens is 316 g/mol. The average molecular weight is 331 g/mol. The van der Waals surface area contributed by atoms with Crippen LogP contribution in [0.4, 0.5) is 0 Å². The van der Waals surface area contributed by atoms with Crippen molar-refractivity contribution in [2.24, 2.45) is 12.0 Å². The number of benzene rings is 2. The Kier molecular flexibility index (Phi) is 4.14. The number of rotatable bonds is 2. The summed E-state index contributed by atoms with van der Waals surface area (Å²) in [5, 5.41) is 0.693. The Morgan fingerprint density at radius 1 is 1.23 bits per heavy atom. The summed E-state index contributed by atoms with van der Waals surface area (Å²) in [4.78, 5) is 17.1. The first kappa shape index (κ1) is 15.0. The van der Waals surface area contributed by atoms with E-state index in [4.69, 9.17) is 11.6 Å². The molecular formula is C17H15ClN2OS. The van der Waals surface area contributed by atoms with Gasteiger partial charge in [0, 0.05) is 7.05 Å². The molecule has 3 nitrogen and oxygen atoms in total. The Balaban J connectivity index is 2.03. The van der Waals surface area contributed by atoms with Gasteiger partial charge >= 0.3 is 0 Å². The summed E-state index contributed by atoms with van der Waals surface area (Å²) in [7, 11) is 1.91. The quantitative estimate of drug-likeness (QED) is 0.702. The van der Waals surface area contributed by atoms with Crippen LogP contribution in [0.5, 0.6) is 0 Å². The smallest absolute Gasteiger partial charge is 0.252 e. The van der Waals surface area contributed by atoms with Gasteiger partial charge in [0.05, 0.1) is 21.7 Å². The number of amides is 1. The average Bonchev–Trinajstić information content (AvgIpc) is 2.82. The molecule has 0 aliphatic rings.